The average Bonchev–Trinajstić information content (AvgIpc) is 3.82. The van der Waals surface area contributed by atoms with Gasteiger partial charge in [0.15, 0.2) is 0 Å². The van der Waals surface area contributed by atoms with E-state index in [0.29, 0.717) is 11.3 Å². The monoisotopic (exact) mass is 674 g/mol. The Bertz CT molecular complexity index is 1420. The van der Waals surface area contributed by atoms with E-state index in [-0.39, 0.29) is 35.7 Å². The summed E-state index contributed by atoms with van der Waals surface area (Å²) in [6.07, 6.45) is 10.2. The largest absolute Gasteiger partial charge is 0.351 e. The summed E-state index contributed by atoms with van der Waals surface area (Å²) in [6, 6.07) is 43.3. The summed E-state index contributed by atoms with van der Waals surface area (Å²) in [5.41, 5.74) is 0.631. The number of nitrogens with one attached hydrogen (secondary N) is 2. The molecular formula is C42H48N2O2P2. The highest BCUT2D eigenvalue weighted by Crippen LogP contribution is 2.51. The van der Waals surface area contributed by atoms with Crippen LogP contribution in [0.3, 0.4) is 0 Å². The van der Waals surface area contributed by atoms with Crippen LogP contribution in [0.5, 0.6) is 0 Å². The maximum atomic E-state index is 14.2. The van der Waals surface area contributed by atoms with Gasteiger partial charge in [0.05, 0.1) is 0 Å². The molecule has 4 aromatic rings. The molecule has 0 saturated heterocycles. The fraction of sp³-hybridized carbons (Fsp3) is 0.381. The van der Waals surface area contributed by atoms with Crippen molar-refractivity contribution in [1.82, 2.24) is 10.6 Å². The van der Waals surface area contributed by atoms with Gasteiger partial charge in [-0.15, -0.1) is 0 Å². The first-order chi connectivity index (χ1) is 23.7. The molecule has 6 atom stereocenters. The summed E-state index contributed by atoms with van der Waals surface area (Å²) in [5.74, 6) is 0.375. The molecule has 6 heteroatoms. The molecule has 0 bridgehead atoms. The zero-order chi connectivity index (χ0) is 32.7. The van der Waals surface area contributed by atoms with Crippen molar-refractivity contribution in [2.45, 2.75) is 87.6 Å². The minimum absolute atomic E-state index is 0.00526. The van der Waals surface area contributed by atoms with Crippen molar-refractivity contribution >= 4 is 48.9 Å². The Morgan fingerprint density at radius 2 is 0.729 bits per heavy atom. The maximum absolute atomic E-state index is 14.2. The summed E-state index contributed by atoms with van der Waals surface area (Å²) in [4.78, 5) is 28.4. The van der Waals surface area contributed by atoms with Gasteiger partial charge in [-0.3, -0.25) is 9.59 Å². The summed E-state index contributed by atoms with van der Waals surface area (Å²) in [6.45, 7) is 0. The van der Waals surface area contributed by atoms with E-state index < -0.39 is 15.8 Å². The molecule has 248 valence electrons. The van der Waals surface area contributed by atoms with E-state index in [1.54, 1.807) is 0 Å². The highest BCUT2D eigenvalue weighted by atomic mass is 31.1. The van der Waals surface area contributed by atoms with Gasteiger partial charge in [-0.1, -0.05) is 147 Å². The van der Waals surface area contributed by atoms with E-state index in [9.17, 15) is 9.59 Å². The Morgan fingerprint density at radius 3 is 1.04 bits per heavy atom. The predicted molar refractivity (Wildman–Crippen MR) is 203 cm³/mol. The van der Waals surface area contributed by atoms with E-state index in [1.807, 2.05) is 0 Å². The first kappa shape index (κ1) is 33.2. The van der Waals surface area contributed by atoms with Gasteiger partial charge >= 0.3 is 0 Å². The van der Waals surface area contributed by atoms with E-state index in [0.717, 1.165) is 64.2 Å². The molecule has 3 saturated carbocycles. The quantitative estimate of drug-likeness (QED) is 0.176. The van der Waals surface area contributed by atoms with Crippen molar-refractivity contribution in [2.75, 3.05) is 0 Å². The Labute approximate surface area is 289 Å². The van der Waals surface area contributed by atoms with Crippen LogP contribution in [-0.4, -0.2) is 35.2 Å². The van der Waals surface area contributed by atoms with Crippen molar-refractivity contribution in [2.24, 2.45) is 11.8 Å². The van der Waals surface area contributed by atoms with Crippen LogP contribution in [0.2, 0.25) is 0 Å². The number of hydrogen-bond donors (Lipinski definition) is 2. The Hall–Kier alpha value is -3.32. The van der Waals surface area contributed by atoms with Crippen molar-refractivity contribution < 1.29 is 9.59 Å². The molecule has 0 aromatic heterocycles. The van der Waals surface area contributed by atoms with Gasteiger partial charge in [-0.05, 0) is 86.9 Å². The normalized spacial score (nSPS) is 25.6. The first-order valence-corrected chi connectivity index (χ1v) is 20.9. The Balaban J connectivity index is 1.06. The average molecular weight is 675 g/mol. The third-order valence-corrected chi connectivity index (χ3v) is 16.8. The lowest BCUT2D eigenvalue weighted by atomic mass is 9.89. The number of benzene rings is 4. The molecule has 3 aliphatic rings. The minimum Gasteiger partial charge on any atom is -0.351 e. The molecule has 4 aromatic carbocycles. The van der Waals surface area contributed by atoms with E-state index in [4.69, 9.17) is 0 Å². The lowest BCUT2D eigenvalue weighted by molar-refractivity contribution is -0.128. The molecule has 7 rings (SSSR count). The standard InChI is InChI=1S/C42H48N2O2P2/c45-41(35-25-15-29-39(35)47(31-17-5-1-6-18-31)32-19-7-2-8-20-32)43-37-27-13-14-28-38(37)44-42(46)36-26-16-30-40(36)48(33-21-9-3-10-22-33)34-23-11-4-12-24-34/h1-12,17-24,35-40H,13-16,25-30H2,(H,43,45)(H,44,46). The number of amides is 2. The van der Waals surface area contributed by atoms with Crippen LogP contribution < -0.4 is 31.9 Å². The molecule has 0 aliphatic heterocycles. The van der Waals surface area contributed by atoms with Crippen LogP contribution in [0.1, 0.15) is 64.2 Å². The third-order valence-electron chi connectivity index (χ3n) is 10.9. The predicted octanol–water partition coefficient (Wildman–Crippen LogP) is 7.13. The molecular weight excluding hydrogens is 626 g/mol. The smallest absolute Gasteiger partial charge is 0.224 e. The fourth-order valence-corrected chi connectivity index (χ4v) is 14.9. The summed E-state index contributed by atoms with van der Waals surface area (Å²) in [5, 5.41) is 12.5. The number of carbonyl (C=O) groups excluding carboxylic acids is 2. The van der Waals surface area contributed by atoms with Gasteiger partial charge < -0.3 is 10.6 Å². The highest BCUT2D eigenvalue weighted by molar-refractivity contribution is 7.74. The number of hydrogen-bond acceptors (Lipinski definition) is 2. The molecule has 3 aliphatic carbocycles. The SMILES string of the molecule is O=C(NC1CCCCC1NC(=O)C1CCCC1P(c1ccccc1)c1ccccc1)C1CCCC1P(c1ccccc1)c1ccccc1. The van der Waals surface area contributed by atoms with Gasteiger partial charge in [0.25, 0.3) is 0 Å². The topological polar surface area (TPSA) is 58.2 Å². The van der Waals surface area contributed by atoms with Crippen LogP contribution in [0, 0.1) is 11.8 Å². The second-order valence-corrected chi connectivity index (χ2v) is 18.7. The van der Waals surface area contributed by atoms with Gasteiger partial charge in [0.2, 0.25) is 11.8 Å². The lowest BCUT2D eigenvalue weighted by Crippen LogP contribution is -2.56. The van der Waals surface area contributed by atoms with Gasteiger partial charge in [0.1, 0.15) is 0 Å². The van der Waals surface area contributed by atoms with Crippen LogP contribution in [0.15, 0.2) is 121 Å². The van der Waals surface area contributed by atoms with Crippen molar-refractivity contribution in [3.63, 3.8) is 0 Å². The van der Waals surface area contributed by atoms with Gasteiger partial charge in [0, 0.05) is 23.9 Å². The first-order valence-electron chi connectivity index (χ1n) is 18.1. The molecule has 3 fully saturated rings. The Kier molecular flexibility index (Phi) is 11.0. The molecule has 2 amide bonds. The summed E-state index contributed by atoms with van der Waals surface area (Å²) >= 11 is 0. The summed E-state index contributed by atoms with van der Waals surface area (Å²) in [7, 11) is -1.31. The fourth-order valence-electron chi connectivity index (χ4n) is 8.59. The Morgan fingerprint density at radius 1 is 0.417 bits per heavy atom. The van der Waals surface area contributed by atoms with E-state index in [1.165, 1.54) is 21.2 Å². The van der Waals surface area contributed by atoms with Crippen LogP contribution in [0.25, 0.3) is 0 Å². The second kappa shape index (κ2) is 15.9. The molecule has 6 unspecified atom stereocenters. The van der Waals surface area contributed by atoms with Crippen molar-refractivity contribution in [3.8, 4) is 0 Å². The van der Waals surface area contributed by atoms with Crippen LogP contribution in [-0.2, 0) is 9.59 Å². The molecule has 2 N–H and O–H groups in total. The van der Waals surface area contributed by atoms with Crippen LogP contribution >= 0.6 is 15.8 Å². The second-order valence-electron chi connectivity index (χ2n) is 13.8. The number of rotatable bonds is 10. The zero-order valence-corrected chi connectivity index (χ0v) is 29.6. The lowest BCUT2D eigenvalue weighted by Gasteiger charge is -2.36. The minimum atomic E-state index is -0.657. The summed E-state index contributed by atoms with van der Waals surface area (Å²) < 4.78 is 0. The molecule has 0 radical (unpaired) electrons. The van der Waals surface area contributed by atoms with E-state index in [2.05, 4.69) is 132 Å². The van der Waals surface area contributed by atoms with Gasteiger partial charge in [-0.25, -0.2) is 0 Å². The third kappa shape index (κ3) is 7.46. The van der Waals surface area contributed by atoms with Crippen molar-refractivity contribution in [3.05, 3.63) is 121 Å². The molecule has 0 spiro atoms. The highest BCUT2D eigenvalue weighted by Gasteiger charge is 2.43. The molecule has 4 nitrogen and oxygen atoms in total. The maximum Gasteiger partial charge on any atom is 0.224 e. The molecule has 0 heterocycles. The van der Waals surface area contributed by atoms with Crippen LogP contribution in [0.4, 0.5) is 0 Å². The molecule has 48 heavy (non-hydrogen) atoms. The van der Waals surface area contributed by atoms with Crippen molar-refractivity contribution in [1.29, 1.82) is 0 Å². The number of carbonyl (C=O) groups is 2. The van der Waals surface area contributed by atoms with E-state index >= 15 is 0 Å². The zero-order valence-electron chi connectivity index (χ0n) is 27.8. The van der Waals surface area contributed by atoms with Gasteiger partial charge in [-0.2, -0.15) is 0 Å².